The number of hydrogen-bond donors (Lipinski definition) is 2. The van der Waals surface area contributed by atoms with Gasteiger partial charge in [0, 0.05) is 32.9 Å². The maximum Gasteiger partial charge on any atom is 0.255 e. The number of rotatable bonds is 3. The van der Waals surface area contributed by atoms with Gasteiger partial charge in [0.1, 0.15) is 0 Å². The van der Waals surface area contributed by atoms with Crippen molar-refractivity contribution >= 4 is 17.3 Å². The first kappa shape index (κ1) is 15.6. The second kappa shape index (κ2) is 6.32. The molecule has 2 unspecified atom stereocenters. The molecule has 3 N–H and O–H groups in total. The summed E-state index contributed by atoms with van der Waals surface area (Å²) in [6.07, 6.45) is -0.267. The molecule has 2 rings (SSSR count). The SMILES string of the molecule is CC1CN(c2cc(N)ccc2C(=O)N(C)C)CC(CO)O1. The Hall–Kier alpha value is -1.79. The van der Waals surface area contributed by atoms with Crippen molar-refractivity contribution in [1.82, 2.24) is 4.90 Å². The number of nitrogens with two attached hydrogens (primary N) is 1. The van der Waals surface area contributed by atoms with Crippen LogP contribution in [-0.2, 0) is 4.74 Å². The van der Waals surface area contributed by atoms with E-state index < -0.39 is 0 Å². The van der Waals surface area contributed by atoms with E-state index in [1.165, 1.54) is 0 Å². The van der Waals surface area contributed by atoms with Gasteiger partial charge in [-0.05, 0) is 25.1 Å². The van der Waals surface area contributed by atoms with Crippen LogP contribution < -0.4 is 10.6 Å². The van der Waals surface area contributed by atoms with E-state index in [1.54, 1.807) is 31.1 Å². The molecule has 0 bridgehead atoms. The minimum atomic E-state index is -0.252. The van der Waals surface area contributed by atoms with E-state index in [-0.39, 0.29) is 24.7 Å². The normalized spacial score (nSPS) is 22.2. The summed E-state index contributed by atoms with van der Waals surface area (Å²) in [6.45, 7) is 3.11. The number of ether oxygens (including phenoxy) is 1. The number of aliphatic hydroxyl groups is 1. The van der Waals surface area contributed by atoms with Crippen LogP contribution in [-0.4, -0.2) is 61.9 Å². The zero-order chi connectivity index (χ0) is 15.6. The van der Waals surface area contributed by atoms with Crippen molar-refractivity contribution in [2.45, 2.75) is 19.1 Å². The first-order chi connectivity index (χ1) is 9.92. The molecule has 0 radical (unpaired) electrons. The van der Waals surface area contributed by atoms with Gasteiger partial charge >= 0.3 is 0 Å². The Bertz CT molecular complexity index is 519. The van der Waals surface area contributed by atoms with Gasteiger partial charge in [-0.1, -0.05) is 0 Å². The predicted octanol–water partition coefficient (Wildman–Crippen LogP) is 0.557. The van der Waals surface area contributed by atoms with Gasteiger partial charge in [0.2, 0.25) is 0 Å². The lowest BCUT2D eigenvalue weighted by Gasteiger charge is -2.38. The summed E-state index contributed by atoms with van der Waals surface area (Å²) < 4.78 is 5.65. The van der Waals surface area contributed by atoms with Crippen LogP contribution in [0.5, 0.6) is 0 Å². The number of carbonyl (C=O) groups is 1. The molecule has 2 atom stereocenters. The van der Waals surface area contributed by atoms with Gasteiger partial charge in [0.25, 0.3) is 5.91 Å². The molecular formula is C15H23N3O3. The number of amides is 1. The van der Waals surface area contributed by atoms with Gasteiger partial charge < -0.3 is 25.4 Å². The highest BCUT2D eigenvalue weighted by molar-refractivity contribution is 6.00. The van der Waals surface area contributed by atoms with Crippen molar-refractivity contribution in [3.63, 3.8) is 0 Å². The second-order valence-electron chi connectivity index (χ2n) is 5.63. The molecule has 0 aromatic heterocycles. The van der Waals surface area contributed by atoms with Crippen molar-refractivity contribution in [2.24, 2.45) is 0 Å². The molecule has 6 nitrogen and oxygen atoms in total. The molecule has 1 aromatic carbocycles. The van der Waals surface area contributed by atoms with Gasteiger partial charge in [0.05, 0.1) is 30.1 Å². The van der Waals surface area contributed by atoms with E-state index in [0.29, 0.717) is 24.3 Å². The second-order valence-corrected chi connectivity index (χ2v) is 5.63. The zero-order valence-corrected chi connectivity index (χ0v) is 12.7. The van der Waals surface area contributed by atoms with Crippen LogP contribution in [0.25, 0.3) is 0 Å². The van der Waals surface area contributed by atoms with Crippen LogP contribution in [0.3, 0.4) is 0 Å². The molecule has 116 valence electrons. The van der Waals surface area contributed by atoms with Gasteiger partial charge in [-0.25, -0.2) is 0 Å². The quantitative estimate of drug-likeness (QED) is 0.796. The van der Waals surface area contributed by atoms with Crippen LogP contribution in [0.15, 0.2) is 18.2 Å². The molecule has 1 aliphatic heterocycles. The number of nitrogen functional groups attached to an aromatic ring is 1. The first-order valence-corrected chi connectivity index (χ1v) is 7.04. The van der Waals surface area contributed by atoms with Crippen LogP contribution >= 0.6 is 0 Å². The monoisotopic (exact) mass is 293 g/mol. The number of morpholine rings is 1. The summed E-state index contributed by atoms with van der Waals surface area (Å²) in [6, 6.07) is 5.29. The summed E-state index contributed by atoms with van der Waals surface area (Å²) in [5.74, 6) is -0.0651. The minimum Gasteiger partial charge on any atom is -0.399 e. The third-order valence-corrected chi connectivity index (χ3v) is 3.53. The van der Waals surface area contributed by atoms with Crippen LogP contribution in [0.2, 0.25) is 0 Å². The maximum atomic E-state index is 12.3. The molecule has 1 heterocycles. The number of anilines is 2. The minimum absolute atomic E-state index is 0.0142. The Morgan fingerprint density at radius 2 is 2.19 bits per heavy atom. The van der Waals surface area contributed by atoms with E-state index in [0.717, 1.165) is 5.69 Å². The molecule has 1 aromatic rings. The molecular weight excluding hydrogens is 270 g/mol. The lowest BCUT2D eigenvalue weighted by molar-refractivity contribution is -0.0421. The zero-order valence-electron chi connectivity index (χ0n) is 12.7. The van der Waals surface area contributed by atoms with Gasteiger partial charge in [-0.2, -0.15) is 0 Å². The Labute approximate surface area is 125 Å². The molecule has 0 saturated carbocycles. The van der Waals surface area contributed by atoms with E-state index >= 15 is 0 Å². The van der Waals surface area contributed by atoms with Crippen molar-refractivity contribution in [3.05, 3.63) is 23.8 Å². The Morgan fingerprint density at radius 1 is 1.48 bits per heavy atom. The maximum absolute atomic E-state index is 12.3. The molecule has 1 fully saturated rings. The molecule has 1 saturated heterocycles. The molecule has 1 aliphatic rings. The number of benzene rings is 1. The fraction of sp³-hybridized carbons (Fsp3) is 0.533. The smallest absolute Gasteiger partial charge is 0.255 e. The molecule has 1 amide bonds. The van der Waals surface area contributed by atoms with Gasteiger partial charge in [-0.3, -0.25) is 4.79 Å². The summed E-state index contributed by atoms with van der Waals surface area (Å²) in [5, 5.41) is 9.34. The standard InChI is InChI=1S/C15H23N3O3/c1-10-7-18(8-12(9-19)21-10)14-6-11(16)4-5-13(14)15(20)17(2)3/h4-6,10,12,19H,7-9,16H2,1-3H3. The molecule has 0 aliphatic carbocycles. The average molecular weight is 293 g/mol. The fourth-order valence-electron chi connectivity index (χ4n) is 2.57. The fourth-order valence-corrected chi connectivity index (χ4v) is 2.57. The van der Waals surface area contributed by atoms with Crippen molar-refractivity contribution in [1.29, 1.82) is 0 Å². The largest absolute Gasteiger partial charge is 0.399 e. The molecule has 6 heteroatoms. The highest BCUT2D eigenvalue weighted by atomic mass is 16.5. The van der Waals surface area contributed by atoms with E-state index in [2.05, 4.69) is 4.90 Å². The third-order valence-electron chi connectivity index (χ3n) is 3.53. The van der Waals surface area contributed by atoms with Crippen LogP contribution in [0.1, 0.15) is 17.3 Å². The number of nitrogens with zero attached hydrogens (tertiary/aromatic N) is 2. The van der Waals surface area contributed by atoms with Gasteiger partial charge in [-0.15, -0.1) is 0 Å². The lowest BCUT2D eigenvalue weighted by Crippen LogP contribution is -2.48. The third kappa shape index (κ3) is 3.46. The molecule has 0 spiro atoms. The highest BCUT2D eigenvalue weighted by Crippen LogP contribution is 2.27. The first-order valence-electron chi connectivity index (χ1n) is 7.04. The Kier molecular flexibility index (Phi) is 4.69. The van der Waals surface area contributed by atoms with Gasteiger partial charge in [0.15, 0.2) is 0 Å². The van der Waals surface area contributed by atoms with Crippen LogP contribution in [0, 0.1) is 0 Å². The summed E-state index contributed by atoms with van der Waals surface area (Å²) >= 11 is 0. The number of aliphatic hydroxyl groups excluding tert-OH is 1. The van der Waals surface area contributed by atoms with Crippen molar-refractivity contribution < 1.29 is 14.6 Å². The van der Waals surface area contributed by atoms with Crippen molar-refractivity contribution in [2.75, 3.05) is 44.4 Å². The Morgan fingerprint density at radius 3 is 2.81 bits per heavy atom. The summed E-state index contributed by atoms with van der Waals surface area (Å²) in [4.78, 5) is 15.9. The predicted molar refractivity (Wildman–Crippen MR) is 82.5 cm³/mol. The number of carbonyl (C=O) groups excluding carboxylic acids is 1. The van der Waals surface area contributed by atoms with E-state index in [4.69, 9.17) is 10.5 Å². The molecule has 21 heavy (non-hydrogen) atoms. The topological polar surface area (TPSA) is 79.0 Å². The van der Waals surface area contributed by atoms with Crippen LogP contribution in [0.4, 0.5) is 11.4 Å². The summed E-state index contributed by atoms with van der Waals surface area (Å²) in [7, 11) is 3.45. The van der Waals surface area contributed by atoms with E-state index in [1.807, 2.05) is 13.0 Å². The highest BCUT2D eigenvalue weighted by Gasteiger charge is 2.27. The summed E-state index contributed by atoms with van der Waals surface area (Å²) in [5.41, 5.74) is 7.90. The van der Waals surface area contributed by atoms with E-state index in [9.17, 15) is 9.90 Å². The lowest BCUT2D eigenvalue weighted by atomic mass is 10.1. The average Bonchev–Trinajstić information content (AvgIpc) is 2.45. The Balaban J connectivity index is 2.37. The number of hydrogen-bond acceptors (Lipinski definition) is 5. The van der Waals surface area contributed by atoms with Crippen molar-refractivity contribution in [3.8, 4) is 0 Å².